The number of hydrogen-bond acceptors (Lipinski definition) is 9. The minimum Gasteiger partial charge on any atom is -0.493 e. The minimum atomic E-state index is -0.437. The van der Waals surface area contributed by atoms with Crippen LogP contribution in [0.3, 0.4) is 0 Å². The molecule has 0 aromatic heterocycles. The lowest BCUT2D eigenvalue weighted by Gasteiger charge is -2.34. The van der Waals surface area contributed by atoms with Crippen LogP contribution in [-0.4, -0.2) is 40.6 Å². The average Bonchev–Trinajstić information content (AvgIpc) is 3.31. The van der Waals surface area contributed by atoms with Crippen LogP contribution in [0.4, 0.5) is 5.69 Å². The first-order valence-electron chi connectivity index (χ1n) is 10.9. The second kappa shape index (κ2) is 10.1. The smallest absolute Gasteiger partial charge is 0.269 e. The Hall–Kier alpha value is -3.63. The zero-order valence-corrected chi connectivity index (χ0v) is 19.5. The van der Waals surface area contributed by atoms with Crippen LogP contribution in [0, 0.1) is 5.92 Å². The summed E-state index contributed by atoms with van der Waals surface area (Å²) in [5.41, 5.74) is 8.74. The maximum absolute atomic E-state index is 13.1. The van der Waals surface area contributed by atoms with E-state index in [0.29, 0.717) is 29.5 Å². The first-order chi connectivity index (χ1) is 16.4. The van der Waals surface area contributed by atoms with Gasteiger partial charge in [-0.3, -0.25) is 9.80 Å². The van der Waals surface area contributed by atoms with Gasteiger partial charge in [-0.1, -0.05) is 0 Å². The molecule has 1 aliphatic carbocycles. The number of carbonyl (C=O) groups is 1. The number of aryl methyl sites for hydroxylation is 1. The minimum absolute atomic E-state index is 0.0404. The van der Waals surface area contributed by atoms with Crippen molar-refractivity contribution in [1.82, 2.24) is 5.32 Å². The molecule has 2 aromatic carbocycles. The summed E-state index contributed by atoms with van der Waals surface area (Å²) in [6, 6.07) is 8.76. The standard InChI is InChI=1S/C24H30N4O6/c1-30-12-15-5-4-14-8-21-22(34-13-33-21)10-17(14)23(15)27-24(29)18(25)11-28(26)16-6-7-19(31-2)20(9-16)32-3/h6-11,15,23H,4-5,12-13,25-26H2,1-3H3,(H,27,29)/b18-11-. The topological polar surface area (TPSA) is 131 Å². The van der Waals surface area contributed by atoms with E-state index in [0.717, 1.165) is 29.7 Å². The fourth-order valence-corrected chi connectivity index (χ4v) is 4.35. The molecule has 2 aromatic rings. The molecule has 34 heavy (non-hydrogen) atoms. The lowest BCUT2D eigenvalue weighted by Crippen LogP contribution is -2.40. The Morgan fingerprint density at radius 3 is 2.59 bits per heavy atom. The Morgan fingerprint density at radius 2 is 1.88 bits per heavy atom. The SMILES string of the molecule is COCC1CCc2cc3c(cc2C1NC(=O)/C(N)=C/N(N)c1ccc(OC)c(OC)c1)OCO3. The van der Waals surface area contributed by atoms with E-state index in [4.69, 9.17) is 35.3 Å². The van der Waals surface area contributed by atoms with Crippen molar-refractivity contribution in [1.29, 1.82) is 0 Å². The molecular formula is C24H30N4O6. The summed E-state index contributed by atoms with van der Waals surface area (Å²) in [7, 11) is 4.73. The summed E-state index contributed by atoms with van der Waals surface area (Å²) >= 11 is 0. The number of methoxy groups -OCH3 is 3. The third-order valence-corrected chi connectivity index (χ3v) is 6.10. The first-order valence-corrected chi connectivity index (χ1v) is 10.9. The van der Waals surface area contributed by atoms with E-state index in [9.17, 15) is 4.79 Å². The fraction of sp³-hybridized carbons (Fsp3) is 0.375. The maximum atomic E-state index is 13.1. The van der Waals surface area contributed by atoms with Crippen molar-refractivity contribution in [2.45, 2.75) is 18.9 Å². The summed E-state index contributed by atoms with van der Waals surface area (Å²) in [6.07, 6.45) is 3.07. The second-order valence-electron chi connectivity index (χ2n) is 8.14. The van der Waals surface area contributed by atoms with Crippen LogP contribution in [0.5, 0.6) is 23.0 Å². The van der Waals surface area contributed by atoms with Crippen molar-refractivity contribution < 1.29 is 28.5 Å². The number of hydrogen-bond donors (Lipinski definition) is 3. The number of rotatable bonds is 8. The Balaban J connectivity index is 1.55. The zero-order chi connectivity index (χ0) is 24.2. The molecule has 0 fully saturated rings. The van der Waals surface area contributed by atoms with Crippen molar-refractivity contribution in [3.8, 4) is 23.0 Å². The number of nitrogens with zero attached hydrogens (tertiary/aromatic N) is 1. The van der Waals surface area contributed by atoms with Crippen LogP contribution < -0.4 is 40.8 Å². The van der Waals surface area contributed by atoms with Gasteiger partial charge in [-0.05, 0) is 48.2 Å². The molecule has 2 aliphatic rings. The van der Waals surface area contributed by atoms with Gasteiger partial charge in [-0.2, -0.15) is 0 Å². The lowest BCUT2D eigenvalue weighted by atomic mass is 9.79. The lowest BCUT2D eigenvalue weighted by molar-refractivity contribution is -0.119. The van der Waals surface area contributed by atoms with Gasteiger partial charge in [0.2, 0.25) is 6.79 Å². The molecule has 4 rings (SSSR count). The summed E-state index contributed by atoms with van der Waals surface area (Å²) in [4.78, 5) is 13.1. The summed E-state index contributed by atoms with van der Waals surface area (Å²) in [5, 5.41) is 4.32. The van der Waals surface area contributed by atoms with E-state index in [1.807, 2.05) is 12.1 Å². The molecule has 5 N–H and O–H groups in total. The van der Waals surface area contributed by atoms with E-state index >= 15 is 0 Å². The quantitative estimate of drug-likeness (QED) is 0.301. The van der Waals surface area contributed by atoms with Crippen LogP contribution in [0.25, 0.3) is 0 Å². The summed E-state index contributed by atoms with van der Waals surface area (Å²) < 4.78 is 27.0. The molecule has 0 bridgehead atoms. The van der Waals surface area contributed by atoms with E-state index in [1.165, 1.54) is 18.3 Å². The number of hydrazine groups is 1. The van der Waals surface area contributed by atoms with E-state index in [1.54, 1.807) is 32.4 Å². The number of benzene rings is 2. The second-order valence-corrected chi connectivity index (χ2v) is 8.14. The Kier molecular flexibility index (Phi) is 6.99. The van der Waals surface area contributed by atoms with Gasteiger partial charge in [-0.25, -0.2) is 5.84 Å². The third kappa shape index (κ3) is 4.68. The molecule has 0 saturated carbocycles. The van der Waals surface area contributed by atoms with Crippen LogP contribution in [0.2, 0.25) is 0 Å². The van der Waals surface area contributed by atoms with Crippen molar-refractivity contribution in [2.24, 2.45) is 17.5 Å². The Bertz CT molecular complexity index is 1090. The maximum Gasteiger partial charge on any atom is 0.269 e. The number of nitrogens with one attached hydrogen (secondary N) is 1. The molecular weight excluding hydrogens is 440 g/mol. The molecule has 10 heteroatoms. The monoisotopic (exact) mass is 470 g/mol. The number of anilines is 1. The predicted octanol–water partition coefficient (Wildman–Crippen LogP) is 1.98. The van der Waals surface area contributed by atoms with Gasteiger partial charge in [0.15, 0.2) is 23.0 Å². The molecule has 1 amide bonds. The first kappa shape index (κ1) is 23.5. The van der Waals surface area contributed by atoms with Crippen molar-refractivity contribution in [3.05, 3.63) is 53.4 Å². The van der Waals surface area contributed by atoms with Crippen LogP contribution >= 0.6 is 0 Å². The Morgan fingerprint density at radius 1 is 1.15 bits per heavy atom. The molecule has 1 heterocycles. The van der Waals surface area contributed by atoms with Crippen LogP contribution in [0.1, 0.15) is 23.6 Å². The highest BCUT2D eigenvalue weighted by molar-refractivity contribution is 5.93. The molecule has 1 aliphatic heterocycles. The largest absolute Gasteiger partial charge is 0.493 e. The molecule has 0 radical (unpaired) electrons. The van der Waals surface area contributed by atoms with E-state index in [2.05, 4.69) is 5.32 Å². The van der Waals surface area contributed by atoms with Gasteiger partial charge in [0.05, 0.1) is 32.6 Å². The number of fused-ring (bicyclic) bond motifs is 2. The summed E-state index contributed by atoms with van der Waals surface area (Å²) in [6.45, 7) is 0.687. The van der Waals surface area contributed by atoms with Gasteiger partial charge < -0.3 is 34.7 Å². The Labute approximate surface area is 198 Å². The number of ether oxygens (including phenoxy) is 5. The van der Waals surface area contributed by atoms with Gasteiger partial charge in [0, 0.05) is 25.3 Å². The van der Waals surface area contributed by atoms with Gasteiger partial charge in [0.1, 0.15) is 5.70 Å². The highest BCUT2D eigenvalue weighted by atomic mass is 16.7. The highest BCUT2D eigenvalue weighted by Gasteiger charge is 2.33. The number of nitrogens with two attached hydrogens (primary N) is 2. The molecule has 182 valence electrons. The third-order valence-electron chi connectivity index (χ3n) is 6.10. The van der Waals surface area contributed by atoms with E-state index in [-0.39, 0.29) is 24.4 Å². The normalized spacial score (nSPS) is 18.8. The average molecular weight is 471 g/mol. The molecule has 0 spiro atoms. The highest BCUT2D eigenvalue weighted by Crippen LogP contribution is 2.42. The van der Waals surface area contributed by atoms with Crippen molar-refractivity contribution in [2.75, 3.05) is 39.7 Å². The van der Waals surface area contributed by atoms with E-state index < -0.39 is 5.91 Å². The van der Waals surface area contributed by atoms with Gasteiger partial charge >= 0.3 is 0 Å². The summed E-state index contributed by atoms with van der Waals surface area (Å²) in [5.74, 6) is 8.25. The molecule has 10 nitrogen and oxygen atoms in total. The van der Waals surface area contributed by atoms with Crippen LogP contribution in [0.15, 0.2) is 42.2 Å². The molecule has 2 unspecified atom stereocenters. The number of amides is 1. The number of carbonyl (C=O) groups excluding carboxylic acids is 1. The zero-order valence-electron chi connectivity index (χ0n) is 19.5. The van der Waals surface area contributed by atoms with Gasteiger partial charge in [0.25, 0.3) is 5.91 Å². The predicted molar refractivity (Wildman–Crippen MR) is 126 cm³/mol. The molecule has 2 atom stereocenters. The van der Waals surface area contributed by atoms with Gasteiger partial charge in [-0.15, -0.1) is 0 Å². The van der Waals surface area contributed by atoms with Crippen molar-refractivity contribution in [3.63, 3.8) is 0 Å². The molecule has 0 saturated heterocycles. The fourth-order valence-electron chi connectivity index (χ4n) is 4.35. The van der Waals surface area contributed by atoms with Crippen molar-refractivity contribution >= 4 is 11.6 Å². The van der Waals surface area contributed by atoms with Crippen LogP contribution in [-0.2, 0) is 16.0 Å².